The third-order valence-electron chi connectivity index (χ3n) is 2.45. The van der Waals surface area contributed by atoms with Gasteiger partial charge in [0.2, 0.25) is 0 Å². The summed E-state index contributed by atoms with van der Waals surface area (Å²) in [7, 11) is 0. The third-order valence-corrected chi connectivity index (χ3v) is 3.54. The van der Waals surface area contributed by atoms with Crippen LogP contribution < -0.4 is 5.32 Å². The summed E-state index contributed by atoms with van der Waals surface area (Å²) >= 11 is 1.89. The van der Waals surface area contributed by atoms with Crippen LogP contribution in [0.3, 0.4) is 0 Å². The highest BCUT2D eigenvalue weighted by molar-refractivity contribution is 7.99. The molecule has 0 bridgehead atoms. The van der Waals surface area contributed by atoms with Crippen LogP contribution in [0.1, 0.15) is 19.4 Å². The molecule has 0 aromatic heterocycles. The van der Waals surface area contributed by atoms with Crippen LogP contribution in [-0.2, 0) is 0 Å². The van der Waals surface area contributed by atoms with Gasteiger partial charge in [-0.15, -0.1) is 11.8 Å². The molecule has 2 heteroatoms. The fraction of sp³-hybridized carbons (Fsp3) is 0.429. The summed E-state index contributed by atoms with van der Waals surface area (Å²) in [6, 6.07) is 9.05. The van der Waals surface area contributed by atoms with Gasteiger partial charge in [-0.05, 0) is 32.5 Å². The first kappa shape index (κ1) is 13.3. The van der Waals surface area contributed by atoms with Gasteiger partial charge < -0.3 is 5.32 Å². The highest BCUT2D eigenvalue weighted by atomic mass is 32.2. The molecule has 88 valence electrons. The molecule has 1 unspecified atom stereocenters. The van der Waals surface area contributed by atoms with Gasteiger partial charge in [0.15, 0.2) is 0 Å². The Morgan fingerprint density at radius 1 is 1.50 bits per heavy atom. The Morgan fingerprint density at radius 2 is 2.25 bits per heavy atom. The molecular weight excluding hydrogens is 214 g/mol. The highest BCUT2D eigenvalue weighted by Gasteiger charge is 2.08. The number of aryl methyl sites for hydroxylation is 1. The molecular formula is C14H21NS. The van der Waals surface area contributed by atoms with Crippen molar-refractivity contribution >= 4 is 11.8 Å². The second kappa shape index (κ2) is 6.77. The van der Waals surface area contributed by atoms with Gasteiger partial charge in [0.1, 0.15) is 0 Å². The number of hydrogen-bond acceptors (Lipinski definition) is 2. The van der Waals surface area contributed by atoms with Crippen LogP contribution in [0.15, 0.2) is 41.3 Å². The van der Waals surface area contributed by atoms with Gasteiger partial charge in [-0.2, -0.15) is 0 Å². The van der Waals surface area contributed by atoms with Crippen molar-refractivity contribution in [2.75, 3.05) is 12.3 Å². The van der Waals surface area contributed by atoms with Crippen molar-refractivity contribution in [2.45, 2.75) is 31.7 Å². The van der Waals surface area contributed by atoms with E-state index in [1.807, 2.05) is 11.8 Å². The van der Waals surface area contributed by atoms with E-state index in [2.05, 4.69) is 56.9 Å². The van der Waals surface area contributed by atoms with Crippen molar-refractivity contribution in [3.8, 4) is 0 Å². The fourth-order valence-electron chi connectivity index (χ4n) is 1.51. The van der Waals surface area contributed by atoms with Crippen molar-refractivity contribution in [1.29, 1.82) is 0 Å². The molecule has 0 fully saturated rings. The molecule has 0 aliphatic carbocycles. The Kier molecular flexibility index (Phi) is 5.64. The highest BCUT2D eigenvalue weighted by Crippen LogP contribution is 2.21. The SMILES string of the molecule is C=C(C)C(CSc1cccc(C)c1)NCC. The molecule has 0 amide bonds. The van der Waals surface area contributed by atoms with Crippen LogP contribution >= 0.6 is 11.8 Å². The summed E-state index contributed by atoms with van der Waals surface area (Å²) in [4.78, 5) is 1.34. The second-order valence-electron chi connectivity index (χ2n) is 4.08. The fourth-order valence-corrected chi connectivity index (χ4v) is 2.71. The summed E-state index contributed by atoms with van der Waals surface area (Å²) in [6.07, 6.45) is 0. The molecule has 1 N–H and O–H groups in total. The molecule has 1 aromatic rings. The molecule has 0 aliphatic rings. The Labute approximate surface area is 103 Å². The third kappa shape index (κ3) is 4.42. The Balaban J connectivity index is 2.51. The van der Waals surface area contributed by atoms with Gasteiger partial charge in [-0.1, -0.05) is 36.8 Å². The number of likely N-dealkylation sites (N-methyl/N-ethyl adjacent to an activating group) is 1. The maximum Gasteiger partial charge on any atom is 0.0368 e. The monoisotopic (exact) mass is 235 g/mol. The maximum absolute atomic E-state index is 4.03. The molecule has 16 heavy (non-hydrogen) atoms. The van der Waals surface area contributed by atoms with E-state index in [1.165, 1.54) is 16.0 Å². The lowest BCUT2D eigenvalue weighted by Crippen LogP contribution is -2.31. The average Bonchev–Trinajstić information content (AvgIpc) is 2.24. The van der Waals surface area contributed by atoms with Crippen LogP contribution in [-0.4, -0.2) is 18.3 Å². The Morgan fingerprint density at radius 3 is 2.81 bits per heavy atom. The van der Waals surface area contributed by atoms with E-state index in [0.717, 1.165) is 12.3 Å². The van der Waals surface area contributed by atoms with Crippen LogP contribution in [0.4, 0.5) is 0 Å². The first-order valence-electron chi connectivity index (χ1n) is 5.71. The second-order valence-corrected chi connectivity index (χ2v) is 5.18. The molecule has 1 atom stereocenters. The first-order chi connectivity index (χ1) is 7.63. The number of nitrogens with one attached hydrogen (secondary N) is 1. The average molecular weight is 235 g/mol. The van der Waals surface area contributed by atoms with Crippen molar-refractivity contribution in [2.24, 2.45) is 0 Å². The normalized spacial score (nSPS) is 12.4. The first-order valence-corrected chi connectivity index (χ1v) is 6.70. The van der Waals surface area contributed by atoms with Gasteiger partial charge in [-0.25, -0.2) is 0 Å². The summed E-state index contributed by atoms with van der Waals surface area (Å²) in [5.74, 6) is 1.05. The van der Waals surface area contributed by atoms with E-state index in [1.54, 1.807) is 0 Å². The lowest BCUT2D eigenvalue weighted by atomic mass is 10.2. The smallest absolute Gasteiger partial charge is 0.0368 e. The van der Waals surface area contributed by atoms with Crippen molar-refractivity contribution in [1.82, 2.24) is 5.32 Å². The number of thioether (sulfide) groups is 1. The standard InChI is InChI=1S/C14H21NS/c1-5-15-14(11(2)3)10-16-13-8-6-7-12(4)9-13/h6-9,14-15H,2,5,10H2,1,3-4H3. The molecule has 0 heterocycles. The van der Waals surface area contributed by atoms with E-state index in [4.69, 9.17) is 0 Å². The topological polar surface area (TPSA) is 12.0 Å². The van der Waals surface area contributed by atoms with Crippen LogP contribution in [0.5, 0.6) is 0 Å². The van der Waals surface area contributed by atoms with Crippen LogP contribution in [0, 0.1) is 6.92 Å². The summed E-state index contributed by atoms with van der Waals surface area (Å²) in [6.45, 7) is 11.4. The molecule has 1 rings (SSSR count). The van der Waals surface area contributed by atoms with Crippen molar-refractivity contribution in [3.63, 3.8) is 0 Å². The molecule has 0 radical (unpaired) electrons. The predicted octanol–water partition coefficient (Wildman–Crippen LogP) is 3.64. The molecule has 1 aromatic carbocycles. The minimum atomic E-state index is 0.413. The minimum Gasteiger partial charge on any atom is -0.310 e. The molecule has 0 saturated heterocycles. The maximum atomic E-state index is 4.03. The predicted molar refractivity (Wildman–Crippen MR) is 74.2 cm³/mol. The number of hydrogen-bond donors (Lipinski definition) is 1. The van der Waals surface area contributed by atoms with E-state index >= 15 is 0 Å². The molecule has 0 spiro atoms. The van der Waals surface area contributed by atoms with E-state index in [0.29, 0.717) is 6.04 Å². The Bertz CT molecular complexity index is 346. The lowest BCUT2D eigenvalue weighted by Gasteiger charge is -2.17. The van der Waals surface area contributed by atoms with Gasteiger partial charge in [-0.3, -0.25) is 0 Å². The molecule has 1 nitrogen and oxygen atoms in total. The largest absolute Gasteiger partial charge is 0.310 e. The van der Waals surface area contributed by atoms with Gasteiger partial charge >= 0.3 is 0 Å². The minimum absolute atomic E-state index is 0.413. The van der Waals surface area contributed by atoms with E-state index in [-0.39, 0.29) is 0 Å². The van der Waals surface area contributed by atoms with Crippen molar-refractivity contribution in [3.05, 3.63) is 42.0 Å². The molecule has 0 saturated carbocycles. The van der Waals surface area contributed by atoms with Gasteiger partial charge in [0.05, 0.1) is 0 Å². The number of benzene rings is 1. The number of rotatable bonds is 6. The zero-order valence-corrected chi connectivity index (χ0v) is 11.2. The zero-order valence-electron chi connectivity index (χ0n) is 10.4. The van der Waals surface area contributed by atoms with Crippen LogP contribution in [0.2, 0.25) is 0 Å². The van der Waals surface area contributed by atoms with Crippen LogP contribution in [0.25, 0.3) is 0 Å². The van der Waals surface area contributed by atoms with E-state index in [9.17, 15) is 0 Å². The summed E-state index contributed by atoms with van der Waals surface area (Å²) in [5.41, 5.74) is 2.53. The summed E-state index contributed by atoms with van der Waals surface area (Å²) in [5, 5.41) is 3.45. The van der Waals surface area contributed by atoms with Gasteiger partial charge in [0.25, 0.3) is 0 Å². The van der Waals surface area contributed by atoms with E-state index < -0.39 is 0 Å². The lowest BCUT2D eigenvalue weighted by molar-refractivity contribution is 0.642. The zero-order chi connectivity index (χ0) is 12.0. The Hall–Kier alpha value is -0.730. The van der Waals surface area contributed by atoms with Crippen molar-refractivity contribution < 1.29 is 0 Å². The quantitative estimate of drug-likeness (QED) is 0.597. The summed E-state index contributed by atoms with van der Waals surface area (Å²) < 4.78 is 0. The molecule has 0 aliphatic heterocycles. The van der Waals surface area contributed by atoms with Gasteiger partial charge in [0, 0.05) is 16.7 Å².